The van der Waals surface area contributed by atoms with Crippen molar-refractivity contribution >= 4 is 21.6 Å². The van der Waals surface area contributed by atoms with Gasteiger partial charge in [0, 0.05) is 17.6 Å². The van der Waals surface area contributed by atoms with Gasteiger partial charge in [-0.1, -0.05) is 18.2 Å². The van der Waals surface area contributed by atoms with Crippen molar-refractivity contribution in [2.24, 2.45) is 4.40 Å². The summed E-state index contributed by atoms with van der Waals surface area (Å²) in [6, 6.07) is 5.15. The minimum absolute atomic E-state index is 0.175. The molecule has 1 aromatic rings. The van der Waals surface area contributed by atoms with Crippen molar-refractivity contribution in [3.63, 3.8) is 0 Å². The lowest BCUT2D eigenvalue weighted by atomic mass is 10.0. The maximum absolute atomic E-state index is 12.5. The molecule has 0 atom stereocenters. The summed E-state index contributed by atoms with van der Waals surface area (Å²) in [7, 11) is -3.82. The number of nitrogens with zero attached hydrogens (tertiary/aromatic N) is 2. The van der Waals surface area contributed by atoms with Crippen LogP contribution in [0.1, 0.15) is 11.1 Å². The lowest BCUT2D eigenvalue weighted by molar-refractivity contribution is -0.673. The van der Waals surface area contributed by atoms with E-state index in [0.717, 1.165) is 25.1 Å². The van der Waals surface area contributed by atoms with Crippen LogP contribution in [-0.4, -0.2) is 26.5 Å². The molecule has 5 nitrogen and oxygen atoms in total. The van der Waals surface area contributed by atoms with E-state index in [0.29, 0.717) is 0 Å². The predicted octanol–water partition coefficient (Wildman–Crippen LogP) is 0.727. The Morgan fingerprint density at radius 2 is 2.00 bits per heavy atom. The Labute approximate surface area is 129 Å². The Morgan fingerprint density at radius 3 is 2.82 bits per heavy atom. The van der Waals surface area contributed by atoms with E-state index in [4.69, 9.17) is 5.41 Å². The molecule has 0 bridgehead atoms. The first kappa shape index (κ1) is 14.7. The molecule has 0 saturated heterocycles. The van der Waals surface area contributed by atoms with Gasteiger partial charge in [0.15, 0.2) is 0 Å². The zero-order valence-electron chi connectivity index (χ0n) is 11.9. The summed E-state index contributed by atoms with van der Waals surface area (Å²) in [4.78, 5) is 0.175. The molecule has 0 spiro atoms. The average molecular weight is 313 g/mol. The molecule has 0 saturated carbocycles. The Morgan fingerprint density at radius 1 is 1.18 bits per heavy atom. The van der Waals surface area contributed by atoms with Gasteiger partial charge in [0.2, 0.25) is 0 Å². The summed E-state index contributed by atoms with van der Waals surface area (Å²) in [5.74, 6) is 1.96. The molecule has 0 unspecified atom stereocenters. The molecule has 22 heavy (non-hydrogen) atoms. The van der Waals surface area contributed by atoms with Crippen LogP contribution in [0.2, 0.25) is 0 Å². The number of sulfonamides is 1. The number of allylic oxidation sites excluding steroid dienone is 5. The summed E-state index contributed by atoms with van der Waals surface area (Å²) >= 11 is 0. The van der Waals surface area contributed by atoms with E-state index in [1.165, 1.54) is 11.6 Å². The first-order chi connectivity index (χ1) is 10.6. The standard InChI is InChI=1S/C16H14N3O2S/c17-10-13-3-1-2-4-16(13)19-22(20,21)15-6-5-12-7-8-18-11-14(12)9-15/h1-6,9,18H,7-8,11H2/q-1/p+1/b19-16-. The summed E-state index contributed by atoms with van der Waals surface area (Å²) in [6.07, 6.45) is 7.37. The monoisotopic (exact) mass is 313 g/mol. The number of hydrogen-bond acceptors (Lipinski definition) is 2. The minimum atomic E-state index is -3.82. The van der Waals surface area contributed by atoms with E-state index >= 15 is 0 Å². The number of nitrogens with two attached hydrogens (primary N) is 1. The predicted molar refractivity (Wildman–Crippen MR) is 85.4 cm³/mol. The van der Waals surface area contributed by atoms with Gasteiger partial charge in [0.1, 0.15) is 6.54 Å². The van der Waals surface area contributed by atoms with Gasteiger partial charge in [-0.15, -0.1) is 0 Å². The van der Waals surface area contributed by atoms with Crippen molar-refractivity contribution < 1.29 is 13.7 Å². The first-order valence-corrected chi connectivity index (χ1v) is 8.45. The molecule has 3 rings (SSSR count). The van der Waals surface area contributed by atoms with Crippen molar-refractivity contribution in [3.05, 3.63) is 64.6 Å². The third-order valence-corrected chi connectivity index (χ3v) is 4.99. The third-order valence-electron chi connectivity index (χ3n) is 3.70. The number of hydrogen-bond donors (Lipinski definition) is 1. The van der Waals surface area contributed by atoms with Gasteiger partial charge in [0.05, 0.1) is 17.2 Å². The molecule has 112 valence electrons. The lowest BCUT2D eigenvalue weighted by Crippen LogP contribution is -2.84. The highest BCUT2D eigenvalue weighted by Crippen LogP contribution is 2.20. The maximum Gasteiger partial charge on any atom is 0.282 e. The van der Waals surface area contributed by atoms with E-state index in [9.17, 15) is 8.42 Å². The number of rotatable bonds is 2. The molecule has 2 N–H and O–H groups in total. The molecule has 0 aromatic heterocycles. The highest BCUT2D eigenvalue weighted by Gasteiger charge is 2.19. The fourth-order valence-corrected chi connectivity index (χ4v) is 3.60. The fourth-order valence-electron chi connectivity index (χ4n) is 2.54. The van der Waals surface area contributed by atoms with Gasteiger partial charge in [-0.05, 0) is 29.8 Å². The van der Waals surface area contributed by atoms with Crippen LogP contribution in [-0.2, 0) is 23.0 Å². The van der Waals surface area contributed by atoms with Crippen LogP contribution in [0.5, 0.6) is 0 Å². The topological polar surface area (TPSA) is 85.4 Å². The number of fused-ring (bicyclic) bond motifs is 1. The van der Waals surface area contributed by atoms with E-state index in [2.05, 4.69) is 9.71 Å². The Bertz CT molecular complexity index is 857. The molecule has 2 aliphatic rings. The fraction of sp³-hybridized carbons (Fsp3) is 0.188. The van der Waals surface area contributed by atoms with Gasteiger partial charge in [-0.2, -0.15) is 12.8 Å². The summed E-state index contributed by atoms with van der Waals surface area (Å²) in [5.41, 5.74) is 2.65. The molecule has 0 radical (unpaired) electrons. The normalized spacial score (nSPS) is 19.1. The van der Waals surface area contributed by atoms with Crippen molar-refractivity contribution in [3.8, 4) is 0 Å². The molecular weight excluding hydrogens is 298 g/mol. The first-order valence-electron chi connectivity index (χ1n) is 7.01. The second kappa shape index (κ2) is 5.85. The molecule has 1 aliphatic carbocycles. The van der Waals surface area contributed by atoms with Crippen LogP contribution < -0.4 is 5.32 Å². The summed E-state index contributed by atoms with van der Waals surface area (Å²) < 4.78 is 28.8. The SMILES string of the molecule is [N-]=C=C1C=CC=C/C1=N/S(=O)(=O)c1ccc2c(c1)C[NH2+]CC2. The average Bonchev–Trinajstić information content (AvgIpc) is 2.54. The van der Waals surface area contributed by atoms with Crippen molar-refractivity contribution in [2.45, 2.75) is 17.9 Å². The smallest absolute Gasteiger partial charge is 0.282 e. The number of quaternary nitrogens is 1. The van der Waals surface area contributed by atoms with E-state index in [1.807, 2.05) is 11.9 Å². The summed E-state index contributed by atoms with van der Waals surface area (Å²) in [6.45, 7) is 1.81. The van der Waals surface area contributed by atoms with Crippen LogP contribution in [0.15, 0.2) is 57.4 Å². The highest BCUT2D eigenvalue weighted by molar-refractivity contribution is 7.90. The third kappa shape index (κ3) is 2.85. The zero-order valence-corrected chi connectivity index (χ0v) is 12.7. The second-order valence-electron chi connectivity index (χ2n) is 5.16. The van der Waals surface area contributed by atoms with Crippen LogP contribution in [0, 0.1) is 0 Å². The maximum atomic E-state index is 12.5. The lowest BCUT2D eigenvalue weighted by Gasteiger charge is -2.15. The Hall–Kier alpha value is -2.27. The quantitative estimate of drug-likeness (QED) is 0.816. The van der Waals surface area contributed by atoms with Crippen molar-refractivity contribution in [1.82, 2.24) is 0 Å². The minimum Gasteiger partial charge on any atom is -0.763 e. The Kier molecular flexibility index (Phi) is 3.90. The summed E-state index contributed by atoms with van der Waals surface area (Å²) in [5, 5.41) is 11.2. The van der Waals surface area contributed by atoms with Crippen molar-refractivity contribution in [1.29, 1.82) is 0 Å². The van der Waals surface area contributed by atoms with Gasteiger partial charge in [0.25, 0.3) is 10.0 Å². The number of benzene rings is 1. The van der Waals surface area contributed by atoms with Gasteiger partial charge in [-0.3, -0.25) is 5.87 Å². The molecule has 0 fully saturated rings. The molecular formula is C16H15N3O2S. The van der Waals surface area contributed by atoms with Gasteiger partial charge < -0.3 is 10.7 Å². The van der Waals surface area contributed by atoms with Gasteiger partial charge in [-0.25, -0.2) is 0 Å². The largest absolute Gasteiger partial charge is 0.763 e. The second-order valence-corrected chi connectivity index (χ2v) is 6.76. The van der Waals surface area contributed by atoms with Gasteiger partial charge >= 0.3 is 0 Å². The highest BCUT2D eigenvalue weighted by atomic mass is 32.2. The molecule has 0 amide bonds. The van der Waals surface area contributed by atoms with E-state index < -0.39 is 10.0 Å². The van der Waals surface area contributed by atoms with Crippen LogP contribution in [0.25, 0.3) is 5.41 Å². The zero-order chi connectivity index (χ0) is 15.6. The molecule has 1 aliphatic heterocycles. The van der Waals surface area contributed by atoms with E-state index in [-0.39, 0.29) is 16.2 Å². The van der Waals surface area contributed by atoms with Crippen molar-refractivity contribution in [2.75, 3.05) is 6.54 Å². The Balaban J connectivity index is 2.02. The molecule has 1 heterocycles. The van der Waals surface area contributed by atoms with Crippen LogP contribution in [0.3, 0.4) is 0 Å². The van der Waals surface area contributed by atoms with Crippen LogP contribution >= 0.6 is 0 Å². The van der Waals surface area contributed by atoms with E-state index in [1.54, 1.807) is 30.4 Å². The molecule has 1 aromatic carbocycles. The molecule has 6 heteroatoms. The van der Waals surface area contributed by atoms with Crippen LogP contribution in [0.4, 0.5) is 0 Å².